The van der Waals surface area contributed by atoms with Crippen LogP contribution in [-0.4, -0.2) is 37.1 Å². The van der Waals surface area contributed by atoms with Gasteiger partial charge in [-0.1, -0.05) is 39.0 Å². The van der Waals surface area contributed by atoms with Gasteiger partial charge in [-0.3, -0.25) is 4.99 Å². The largest absolute Gasteiger partial charge is 0.369 e. The second-order valence-corrected chi connectivity index (χ2v) is 9.01. The van der Waals surface area contributed by atoms with Gasteiger partial charge in [-0.15, -0.1) is 11.3 Å². The molecule has 1 atom stereocenters. The lowest BCUT2D eigenvalue weighted by atomic mass is 9.93. The maximum atomic E-state index is 4.75. The van der Waals surface area contributed by atoms with Crippen LogP contribution >= 0.6 is 11.3 Å². The van der Waals surface area contributed by atoms with E-state index in [1.165, 1.54) is 12.1 Å². The van der Waals surface area contributed by atoms with Gasteiger partial charge >= 0.3 is 0 Å². The lowest BCUT2D eigenvalue weighted by molar-refractivity contribution is 0.468. The number of hydrogen-bond acceptors (Lipinski definition) is 4. The average molecular weight is 386 g/mol. The Hall–Kier alpha value is -2.08. The first kappa shape index (κ1) is 19.7. The standard InChI is InChI=1S/C21H31N5S/c1-21(2,3)18-15-27-19(25-18)13-23-20(22-4)24-16-9-8-12-26(14-16)17-10-6-5-7-11-17/h5-7,10-11,15-16H,8-9,12-14H2,1-4H3,(H2,22,23,24). The first-order valence-corrected chi connectivity index (χ1v) is 10.6. The van der Waals surface area contributed by atoms with Crippen molar-refractivity contribution in [2.24, 2.45) is 4.99 Å². The van der Waals surface area contributed by atoms with E-state index in [2.05, 4.69) is 77.0 Å². The summed E-state index contributed by atoms with van der Waals surface area (Å²) in [5.41, 5.74) is 2.54. The minimum atomic E-state index is 0.0949. The molecule has 2 heterocycles. The number of nitrogens with zero attached hydrogens (tertiary/aromatic N) is 3. The summed E-state index contributed by atoms with van der Waals surface area (Å²) in [5.74, 6) is 0.849. The Morgan fingerprint density at radius 2 is 2.07 bits per heavy atom. The summed E-state index contributed by atoms with van der Waals surface area (Å²) in [6, 6.07) is 11.0. The van der Waals surface area contributed by atoms with Crippen molar-refractivity contribution in [2.45, 2.75) is 51.6 Å². The molecule has 1 saturated heterocycles. The second-order valence-electron chi connectivity index (χ2n) is 8.07. The highest BCUT2D eigenvalue weighted by Crippen LogP contribution is 2.24. The molecule has 6 heteroatoms. The van der Waals surface area contributed by atoms with Gasteiger partial charge in [-0.2, -0.15) is 0 Å². The van der Waals surface area contributed by atoms with E-state index in [4.69, 9.17) is 4.98 Å². The predicted octanol–water partition coefficient (Wildman–Crippen LogP) is 3.77. The van der Waals surface area contributed by atoms with Crippen molar-refractivity contribution in [1.82, 2.24) is 15.6 Å². The van der Waals surface area contributed by atoms with Crippen LogP contribution in [0.25, 0.3) is 0 Å². The number of guanidine groups is 1. The molecular formula is C21H31N5S. The van der Waals surface area contributed by atoms with Crippen LogP contribution in [0.3, 0.4) is 0 Å². The van der Waals surface area contributed by atoms with Crippen LogP contribution in [0.2, 0.25) is 0 Å². The molecule has 1 fully saturated rings. The number of piperidine rings is 1. The van der Waals surface area contributed by atoms with Crippen molar-refractivity contribution in [3.8, 4) is 0 Å². The number of anilines is 1. The number of hydrogen-bond donors (Lipinski definition) is 2. The number of para-hydroxylation sites is 1. The molecule has 0 spiro atoms. The van der Waals surface area contributed by atoms with Gasteiger partial charge in [0.1, 0.15) is 5.01 Å². The molecule has 0 bridgehead atoms. The van der Waals surface area contributed by atoms with Crippen LogP contribution in [0, 0.1) is 0 Å². The van der Waals surface area contributed by atoms with E-state index in [0.29, 0.717) is 12.6 Å². The van der Waals surface area contributed by atoms with Gasteiger partial charge < -0.3 is 15.5 Å². The molecule has 5 nitrogen and oxygen atoms in total. The van der Waals surface area contributed by atoms with Gasteiger partial charge in [0.2, 0.25) is 0 Å². The monoisotopic (exact) mass is 385 g/mol. The Kier molecular flexibility index (Phi) is 6.37. The van der Waals surface area contributed by atoms with E-state index < -0.39 is 0 Å². The maximum absolute atomic E-state index is 4.75. The third kappa shape index (κ3) is 5.45. The lowest BCUT2D eigenvalue weighted by Gasteiger charge is -2.35. The smallest absolute Gasteiger partial charge is 0.191 e. The molecule has 0 aliphatic carbocycles. The van der Waals surface area contributed by atoms with E-state index in [1.807, 2.05) is 7.05 Å². The van der Waals surface area contributed by atoms with Gasteiger partial charge in [0, 0.05) is 42.7 Å². The summed E-state index contributed by atoms with van der Waals surface area (Å²) in [6.45, 7) is 9.40. The highest BCUT2D eigenvalue weighted by atomic mass is 32.1. The minimum absolute atomic E-state index is 0.0949. The van der Waals surface area contributed by atoms with Crippen LogP contribution < -0.4 is 15.5 Å². The van der Waals surface area contributed by atoms with Crippen LogP contribution in [0.15, 0.2) is 40.7 Å². The molecule has 1 aliphatic rings. The van der Waals surface area contributed by atoms with Gasteiger partial charge in [0.15, 0.2) is 5.96 Å². The Labute approximate surface area is 166 Å². The number of aromatic nitrogens is 1. The van der Waals surface area contributed by atoms with Crippen LogP contribution in [-0.2, 0) is 12.0 Å². The Morgan fingerprint density at radius 3 is 2.74 bits per heavy atom. The molecule has 1 unspecified atom stereocenters. The number of nitrogens with one attached hydrogen (secondary N) is 2. The summed E-state index contributed by atoms with van der Waals surface area (Å²) in [7, 11) is 1.83. The SMILES string of the molecule is CN=C(NCc1nc(C(C)(C)C)cs1)NC1CCCN(c2ccccc2)C1. The van der Waals surface area contributed by atoms with Crippen molar-refractivity contribution < 1.29 is 0 Å². The van der Waals surface area contributed by atoms with Crippen molar-refractivity contribution in [3.63, 3.8) is 0 Å². The third-order valence-corrected chi connectivity index (χ3v) is 5.68. The summed E-state index contributed by atoms with van der Waals surface area (Å²) >= 11 is 1.71. The number of aliphatic imine (C=N–C) groups is 1. The van der Waals surface area contributed by atoms with Crippen LogP contribution in [0.4, 0.5) is 5.69 Å². The first-order chi connectivity index (χ1) is 13.0. The fraction of sp³-hybridized carbons (Fsp3) is 0.524. The molecule has 0 saturated carbocycles. The van der Waals surface area contributed by atoms with Crippen molar-refractivity contribution in [2.75, 3.05) is 25.0 Å². The normalized spacial score (nSPS) is 18.4. The summed E-state index contributed by atoms with van der Waals surface area (Å²) in [4.78, 5) is 11.6. The molecule has 1 aliphatic heterocycles. The van der Waals surface area contributed by atoms with Gasteiger partial charge in [-0.05, 0) is 25.0 Å². The van der Waals surface area contributed by atoms with Crippen molar-refractivity contribution in [3.05, 3.63) is 46.4 Å². The van der Waals surface area contributed by atoms with Crippen LogP contribution in [0.1, 0.15) is 44.3 Å². The Morgan fingerprint density at radius 1 is 1.30 bits per heavy atom. The zero-order valence-electron chi connectivity index (χ0n) is 16.8. The average Bonchev–Trinajstić information content (AvgIpc) is 3.15. The fourth-order valence-corrected chi connectivity index (χ4v) is 4.21. The highest BCUT2D eigenvalue weighted by molar-refractivity contribution is 7.09. The molecular weight excluding hydrogens is 354 g/mol. The van der Waals surface area contributed by atoms with E-state index in [1.54, 1.807) is 11.3 Å². The maximum Gasteiger partial charge on any atom is 0.191 e. The van der Waals surface area contributed by atoms with Gasteiger partial charge in [-0.25, -0.2) is 4.98 Å². The number of rotatable bonds is 4. The van der Waals surface area contributed by atoms with E-state index in [9.17, 15) is 0 Å². The third-order valence-electron chi connectivity index (χ3n) is 4.83. The molecule has 3 rings (SSSR count). The molecule has 2 N–H and O–H groups in total. The first-order valence-electron chi connectivity index (χ1n) is 9.68. The van der Waals surface area contributed by atoms with Crippen molar-refractivity contribution in [1.29, 1.82) is 0 Å². The van der Waals surface area contributed by atoms with Crippen LogP contribution in [0.5, 0.6) is 0 Å². The Balaban J connectivity index is 1.53. The zero-order valence-corrected chi connectivity index (χ0v) is 17.6. The molecule has 1 aromatic heterocycles. The van der Waals surface area contributed by atoms with E-state index in [0.717, 1.165) is 36.2 Å². The minimum Gasteiger partial charge on any atom is -0.369 e. The predicted molar refractivity (Wildman–Crippen MR) is 116 cm³/mol. The zero-order chi connectivity index (χ0) is 19.3. The molecule has 2 aromatic rings. The van der Waals surface area contributed by atoms with Gasteiger partial charge in [0.05, 0.1) is 12.2 Å². The molecule has 146 valence electrons. The molecule has 1 aromatic carbocycles. The lowest BCUT2D eigenvalue weighted by Crippen LogP contribution is -2.51. The highest BCUT2D eigenvalue weighted by Gasteiger charge is 2.21. The van der Waals surface area contributed by atoms with E-state index in [-0.39, 0.29) is 5.41 Å². The quantitative estimate of drug-likeness (QED) is 0.621. The molecule has 0 radical (unpaired) electrons. The summed E-state index contributed by atoms with van der Waals surface area (Å²) in [6.07, 6.45) is 2.35. The number of benzene rings is 1. The second kappa shape index (κ2) is 8.74. The van der Waals surface area contributed by atoms with Crippen molar-refractivity contribution >= 4 is 23.0 Å². The summed E-state index contributed by atoms with van der Waals surface area (Å²) in [5, 5.41) is 10.3. The van der Waals surface area contributed by atoms with Gasteiger partial charge in [0.25, 0.3) is 0 Å². The van der Waals surface area contributed by atoms with E-state index >= 15 is 0 Å². The molecule has 27 heavy (non-hydrogen) atoms. The fourth-order valence-electron chi connectivity index (χ4n) is 3.25. The molecule has 0 amide bonds. The topological polar surface area (TPSA) is 52.6 Å². The summed E-state index contributed by atoms with van der Waals surface area (Å²) < 4.78 is 0. The number of thiazole rings is 1. The Bertz CT molecular complexity index is 747.